The fraction of sp³-hybridized carbons (Fsp3) is 0.533. The summed E-state index contributed by atoms with van der Waals surface area (Å²) >= 11 is 0. The van der Waals surface area contributed by atoms with Crippen molar-refractivity contribution in [3.8, 4) is 0 Å². The zero-order chi connectivity index (χ0) is 14.4. The molecule has 21 heavy (non-hydrogen) atoms. The number of carbonyl (C=O) groups is 1. The number of imidazole rings is 1. The van der Waals surface area contributed by atoms with Crippen molar-refractivity contribution in [3.05, 3.63) is 35.7 Å². The molecule has 0 saturated heterocycles. The maximum atomic E-state index is 12.9. The fourth-order valence-electron chi connectivity index (χ4n) is 3.26. The molecule has 0 spiro atoms. The zero-order valence-corrected chi connectivity index (χ0v) is 12.2. The highest BCUT2D eigenvalue weighted by Gasteiger charge is 2.52. The highest BCUT2D eigenvalue weighted by Crippen LogP contribution is 2.49. The Bertz CT molecular complexity index is 668. The average Bonchev–Trinajstić information content (AvgIpc) is 2.92. The number of hydrogen-bond acceptors (Lipinski definition) is 3. The number of nitrogens with one attached hydrogen (secondary N) is 1. The number of aromatic amines is 1. The van der Waals surface area contributed by atoms with Crippen LogP contribution in [-0.4, -0.2) is 37.1 Å². The topological polar surface area (TPSA) is 66.8 Å². The molecular weight excluding hydrogens is 266 g/mol. The normalized spacial score (nSPS) is 19.4. The molecule has 6 nitrogen and oxygen atoms in total. The van der Waals surface area contributed by atoms with Crippen LogP contribution in [0.5, 0.6) is 0 Å². The first kappa shape index (κ1) is 12.6. The highest BCUT2D eigenvalue weighted by molar-refractivity contribution is 5.85. The van der Waals surface area contributed by atoms with Gasteiger partial charge in [0.05, 0.1) is 17.4 Å². The van der Waals surface area contributed by atoms with Gasteiger partial charge >= 0.3 is 0 Å². The van der Waals surface area contributed by atoms with E-state index >= 15 is 0 Å². The molecule has 1 aliphatic carbocycles. The third kappa shape index (κ3) is 2.05. The lowest BCUT2D eigenvalue weighted by atomic mass is 10.0. The van der Waals surface area contributed by atoms with E-state index in [1.807, 2.05) is 22.6 Å². The summed E-state index contributed by atoms with van der Waals surface area (Å²) < 4.78 is 2.02. The van der Waals surface area contributed by atoms with Crippen LogP contribution in [0.15, 0.2) is 18.7 Å². The Labute approximate surface area is 123 Å². The first-order valence-corrected chi connectivity index (χ1v) is 7.46. The second-order valence-corrected chi connectivity index (χ2v) is 6.27. The van der Waals surface area contributed by atoms with Gasteiger partial charge in [-0.25, -0.2) is 4.98 Å². The Balaban J connectivity index is 1.52. The van der Waals surface area contributed by atoms with Crippen molar-refractivity contribution >= 4 is 5.91 Å². The fourth-order valence-corrected chi connectivity index (χ4v) is 3.26. The Hall–Kier alpha value is -2.11. The predicted octanol–water partition coefficient (Wildman–Crippen LogP) is 1.28. The van der Waals surface area contributed by atoms with Crippen molar-refractivity contribution < 1.29 is 4.79 Å². The van der Waals surface area contributed by atoms with Crippen molar-refractivity contribution in [1.29, 1.82) is 0 Å². The molecule has 0 aromatic carbocycles. The van der Waals surface area contributed by atoms with Gasteiger partial charge in [-0.15, -0.1) is 0 Å². The third-order valence-electron chi connectivity index (χ3n) is 4.77. The number of hydrogen-bond donors (Lipinski definition) is 1. The highest BCUT2D eigenvalue weighted by atomic mass is 16.2. The van der Waals surface area contributed by atoms with Gasteiger partial charge in [0.2, 0.25) is 5.91 Å². The van der Waals surface area contributed by atoms with Crippen LogP contribution >= 0.6 is 0 Å². The summed E-state index contributed by atoms with van der Waals surface area (Å²) in [4.78, 5) is 19.0. The number of H-pyrrole nitrogens is 1. The van der Waals surface area contributed by atoms with Crippen molar-refractivity contribution in [2.45, 2.75) is 39.3 Å². The van der Waals surface area contributed by atoms with Gasteiger partial charge in [-0.2, -0.15) is 5.10 Å². The summed E-state index contributed by atoms with van der Waals surface area (Å²) in [6, 6.07) is 0. The summed E-state index contributed by atoms with van der Waals surface area (Å²) in [6.07, 6.45) is 8.31. The molecule has 0 bridgehead atoms. The number of amides is 1. The van der Waals surface area contributed by atoms with Crippen LogP contribution in [-0.2, 0) is 24.3 Å². The quantitative estimate of drug-likeness (QED) is 0.923. The molecule has 0 radical (unpaired) electrons. The summed E-state index contributed by atoms with van der Waals surface area (Å²) in [7, 11) is 0. The molecule has 6 heteroatoms. The summed E-state index contributed by atoms with van der Waals surface area (Å²) in [5.74, 6) is 0.294. The maximum absolute atomic E-state index is 12.9. The molecule has 110 valence electrons. The van der Waals surface area contributed by atoms with Crippen LogP contribution in [0.4, 0.5) is 0 Å². The van der Waals surface area contributed by atoms with Crippen molar-refractivity contribution in [3.63, 3.8) is 0 Å². The number of aryl methyl sites for hydroxylation is 1. The minimum absolute atomic E-state index is 0.199. The maximum Gasteiger partial charge on any atom is 0.230 e. The Kier molecular flexibility index (Phi) is 2.67. The molecular formula is C15H19N5O. The SMILES string of the molecule is Cc1[nH]nc2c1CN(C(=O)C1(Cn3ccnc3)CC1)CC2. The van der Waals surface area contributed by atoms with Gasteiger partial charge in [-0.05, 0) is 19.8 Å². The van der Waals surface area contributed by atoms with E-state index in [2.05, 4.69) is 15.2 Å². The molecule has 1 fully saturated rings. The lowest BCUT2D eigenvalue weighted by Crippen LogP contribution is -2.42. The largest absolute Gasteiger partial charge is 0.337 e. The molecule has 3 heterocycles. The molecule has 1 N–H and O–H groups in total. The van der Waals surface area contributed by atoms with Gasteiger partial charge in [0.1, 0.15) is 0 Å². The first-order valence-electron chi connectivity index (χ1n) is 7.46. The number of carbonyl (C=O) groups excluding carboxylic acids is 1. The molecule has 4 rings (SSSR count). The van der Waals surface area contributed by atoms with Gasteiger partial charge < -0.3 is 9.47 Å². The second kappa shape index (κ2) is 4.44. The van der Waals surface area contributed by atoms with E-state index in [0.29, 0.717) is 12.5 Å². The van der Waals surface area contributed by atoms with E-state index in [1.54, 1.807) is 12.5 Å². The number of aromatic nitrogens is 4. The van der Waals surface area contributed by atoms with Crippen molar-refractivity contribution in [1.82, 2.24) is 24.6 Å². The van der Waals surface area contributed by atoms with Gasteiger partial charge in [-0.1, -0.05) is 0 Å². The van der Waals surface area contributed by atoms with Crippen LogP contribution in [0.2, 0.25) is 0 Å². The molecule has 1 saturated carbocycles. The molecule has 0 unspecified atom stereocenters. The average molecular weight is 285 g/mol. The van der Waals surface area contributed by atoms with E-state index < -0.39 is 0 Å². The number of nitrogens with zero attached hydrogens (tertiary/aromatic N) is 4. The van der Waals surface area contributed by atoms with E-state index in [1.165, 1.54) is 5.56 Å². The van der Waals surface area contributed by atoms with Gasteiger partial charge in [0, 0.05) is 49.7 Å². The lowest BCUT2D eigenvalue weighted by Gasteiger charge is -2.30. The van der Waals surface area contributed by atoms with E-state index in [9.17, 15) is 4.79 Å². The first-order chi connectivity index (χ1) is 10.2. The van der Waals surface area contributed by atoms with Gasteiger partial charge in [-0.3, -0.25) is 9.89 Å². The predicted molar refractivity (Wildman–Crippen MR) is 76.3 cm³/mol. The van der Waals surface area contributed by atoms with Crippen LogP contribution in [0.1, 0.15) is 29.8 Å². The number of fused-ring (bicyclic) bond motifs is 1. The van der Waals surface area contributed by atoms with Crippen LogP contribution in [0.25, 0.3) is 0 Å². The lowest BCUT2D eigenvalue weighted by molar-refractivity contribution is -0.138. The summed E-state index contributed by atoms with van der Waals surface area (Å²) in [6.45, 7) is 4.25. The van der Waals surface area contributed by atoms with Gasteiger partial charge in [0.15, 0.2) is 0 Å². The zero-order valence-electron chi connectivity index (χ0n) is 12.2. The van der Waals surface area contributed by atoms with E-state index in [-0.39, 0.29) is 5.41 Å². The summed E-state index contributed by atoms with van der Waals surface area (Å²) in [5, 5.41) is 7.34. The van der Waals surface area contributed by atoms with Crippen LogP contribution in [0, 0.1) is 12.3 Å². The van der Waals surface area contributed by atoms with Crippen LogP contribution in [0.3, 0.4) is 0 Å². The second-order valence-electron chi connectivity index (χ2n) is 6.27. The van der Waals surface area contributed by atoms with Crippen molar-refractivity contribution in [2.75, 3.05) is 6.54 Å². The molecule has 2 aromatic rings. The summed E-state index contributed by atoms with van der Waals surface area (Å²) in [5.41, 5.74) is 3.21. The monoisotopic (exact) mass is 285 g/mol. The molecule has 1 aliphatic heterocycles. The third-order valence-corrected chi connectivity index (χ3v) is 4.77. The number of rotatable bonds is 3. The molecule has 1 amide bonds. The van der Waals surface area contributed by atoms with E-state index in [4.69, 9.17) is 0 Å². The Morgan fingerprint density at radius 3 is 3.05 bits per heavy atom. The van der Waals surface area contributed by atoms with Crippen molar-refractivity contribution in [2.24, 2.45) is 5.41 Å². The van der Waals surface area contributed by atoms with Crippen LogP contribution < -0.4 is 0 Å². The molecule has 0 atom stereocenters. The minimum atomic E-state index is -0.199. The van der Waals surface area contributed by atoms with Gasteiger partial charge in [0.25, 0.3) is 0 Å². The minimum Gasteiger partial charge on any atom is -0.337 e. The Morgan fingerprint density at radius 1 is 1.48 bits per heavy atom. The Morgan fingerprint density at radius 2 is 2.33 bits per heavy atom. The molecule has 2 aliphatic rings. The standard InChI is InChI=1S/C15H19N5O/c1-11-12-8-20(6-2-13(12)18-17-11)14(21)15(3-4-15)9-19-7-5-16-10-19/h5,7,10H,2-4,6,8-9H2,1H3,(H,17,18). The molecule has 2 aromatic heterocycles. The van der Waals surface area contributed by atoms with E-state index in [0.717, 1.165) is 43.7 Å². The smallest absolute Gasteiger partial charge is 0.230 e.